The molecule has 0 spiro atoms. The molecule has 1 atom stereocenters. The number of carbonyl (C=O) groups excluding carboxylic acids is 1. The molecule has 1 unspecified atom stereocenters. The lowest BCUT2D eigenvalue weighted by Gasteiger charge is -2.20. The SMILES string of the molecule is O=C(OC(Cn1ccnc1)c1ccc(Cl)cc1Cl)c1cncnc1. The Morgan fingerprint density at radius 3 is 2.67 bits per heavy atom. The molecule has 0 aliphatic heterocycles. The van der Waals surface area contributed by atoms with Crippen molar-refractivity contribution in [2.45, 2.75) is 12.6 Å². The number of rotatable bonds is 5. The van der Waals surface area contributed by atoms with Crippen LogP contribution in [0.1, 0.15) is 22.0 Å². The third-order valence-corrected chi connectivity index (χ3v) is 3.85. The molecule has 122 valence electrons. The van der Waals surface area contributed by atoms with Gasteiger partial charge < -0.3 is 9.30 Å². The van der Waals surface area contributed by atoms with Gasteiger partial charge in [-0.3, -0.25) is 0 Å². The molecule has 0 aliphatic carbocycles. The molecule has 0 radical (unpaired) electrons. The van der Waals surface area contributed by atoms with E-state index in [-0.39, 0.29) is 5.56 Å². The quantitative estimate of drug-likeness (QED) is 0.648. The number of benzene rings is 1. The Morgan fingerprint density at radius 2 is 2.00 bits per heavy atom. The molecule has 3 rings (SSSR count). The van der Waals surface area contributed by atoms with Crippen LogP contribution in [-0.2, 0) is 11.3 Å². The smallest absolute Gasteiger partial charge is 0.341 e. The van der Waals surface area contributed by atoms with Gasteiger partial charge in [0, 0.05) is 40.4 Å². The van der Waals surface area contributed by atoms with Gasteiger partial charge in [0.2, 0.25) is 0 Å². The van der Waals surface area contributed by atoms with Crippen molar-refractivity contribution >= 4 is 29.2 Å². The molecule has 0 aliphatic rings. The molecule has 0 saturated heterocycles. The first-order chi connectivity index (χ1) is 11.6. The number of carbonyl (C=O) groups is 1. The van der Waals surface area contributed by atoms with Gasteiger partial charge in [-0.25, -0.2) is 19.7 Å². The number of aromatic nitrogens is 4. The van der Waals surface area contributed by atoms with E-state index in [1.54, 1.807) is 41.5 Å². The van der Waals surface area contributed by atoms with E-state index in [0.717, 1.165) is 0 Å². The largest absolute Gasteiger partial charge is 0.452 e. The van der Waals surface area contributed by atoms with Crippen LogP contribution in [0.4, 0.5) is 0 Å². The number of hydrogen-bond acceptors (Lipinski definition) is 5. The minimum atomic E-state index is -0.614. The van der Waals surface area contributed by atoms with Crippen LogP contribution >= 0.6 is 23.2 Å². The molecule has 2 aromatic heterocycles. The van der Waals surface area contributed by atoms with Gasteiger partial charge >= 0.3 is 5.97 Å². The highest BCUT2D eigenvalue weighted by Crippen LogP contribution is 2.30. The van der Waals surface area contributed by atoms with E-state index in [9.17, 15) is 4.79 Å². The fraction of sp³-hybridized carbons (Fsp3) is 0.125. The number of ether oxygens (including phenoxy) is 1. The Morgan fingerprint density at radius 1 is 1.21 bits per heavy atom. The first kappa shape index (κ1) is 16.4. The first-order valence-electron chi connectivity index (χ1n) is 7.00. The van der Waals surface area contributed by atoms with E-state index in [0.29, 0.717) is 22.2 Å². The third-order valence-electron chi connectivity index (χ3n) is 3.29. The van der Waals surface area contributed by atoms with E-state index in [1.165, 1.54) is 18.7 Å². The summed E-state index contributed by atoms with van der Waals surface area (Å²) in [5, 5.41) is 0.928. The standard InChI is InChI=1S/C16H12Cl2N4O2/c17-12-1-2-13(14(18)5-12)15(8-22-4-3-19-10-22)24-16(23)11-6-20-9-21-7-11/h1-7,9-10,15H,8H2. The average molecular weight is 363 g/mol. The molecule has 3 aromatic rings. The summed E-state index contributed by atoms with van der Waals surface area (Å²) in [6, 6.07) is 5.04. The maximum absolute atomic E-state index is 12.3. The Kier molecular flexibility index (Phi) is 5.08. The predicted octanol–water partition coefficient (Wildman–Crippen LogP) is 3.58. The Bertz CT molecular complexity index is 825. The van der Waals surface area contributed by atoms with Crippen LogP contribution in [0, 0.1) is 0 Å². The van der Waals surface area contributed by atoms with Crippen LogP contribution in [0.5, 0.6) is 0 Å². The molecule has 0 fully saturated rings. The lowest BCUT2D eigenvalue weighted by molar-refractivity contribution is 0.0254. The van der Waals surface area contributed by atoms with Gasteiger partial charge in [0.1, 0.15) is 12.4 Å². The van der Waals surface area contributed by atoms with Crippen LogP contribution in [0.25, 0.3) is 0 Å². The van der Waals surface area contributed by atoms with Crippen molar-refractivity contribution in [3.05, 3.63) is 76.8 Å². The van der Waals surface area contributed by atoms with Gasteiger partial charge in [-0.05, 0) is 12.1 Å². The molecule has 0 amide bonds. The summed E-state index contributed by atoms with van der Waals surface area (Å²) < 4.78 is 7.42. The second-order valence-electron chi connectivity index (χ2n) is 4.95. The van der Waals surface area contributed by atoms with E-state index in [1.807, 2.05) is 0 Å². The van der Waals surface area contributed by atoms with Crippen LogP contribution in [-0.4, -0.2) is 25.5 Å². The lowest BCUT2D eigenvalue weighted by atomic mass is 10.1. The van der Waals surface area contributed by atoms with E-state index in [2.05, 4.69) is 15.0 Å². The highest BCUT2D eigenvalue weighted by atomic mass is 35.5. The minimum absolute atomic E-state index is 0.262. The topological polar surface area (TPSA) is 69.9 Å². The monoisotopic (exact) mass is 362 g/mol. The summed E-state index contributed by atoms with van der Waals surface area (Å²) in [5.41, 5.74) is 0.915. The Hall–Kier alpha value is -2.44. The molecule has 0 N–H and O–H groups in total. The normalized spacial score (nSPS) is 11.9. The number of esters is 1. The van der Waals surface area contributed by atoms with Gasteiger partial charge in [-0.1, -0.05) is 29.3 Å². The lowest BCUT2D eigenvalue weighted by Crippen LogP contribution is -2.17. The maximum atomic E-state index is 12.3. The van der Waals surface area contributed by atoms with Gasteiger partial charge in [0.15, 0.2) is 0 Å². The second kappa shape index (κ2) is 7.42. The molecule has 8 heteroatoms. The zero-order valence-corrected chi connectivity index (χ0v) is 13.9. The second-order valence-corrected chi connectivity index (χ2v) is 5.79. The summed E-state index contributed by atoms with van der Waals surface area (Å²) in [6.07, 6.45) is 8.58. The maximum Gasteiger partial charge on any atom is 0.341 e. The summed E-state index contributed by atoms with van der Waals surface area (Å²) in [6.45, 7) is 0.362. The van der Waals surface area contributed by atoms with Gasteiger partial charge in [0.25, 0.3) is 0 Å². The number of halogens is 2. The Balaban J connectivity index is 1.88. The fourth-order valence-corrected chi connectivity index (χ4v) is 2.68. The summed E-state index contributed by atoms with van der Waals surface area (Å²) in [7, 11) is 0. The molecular weight excluding hydrogens is 351 g/mol. The molecule has 1 aromatic carbocycles. The van der Waals surface area contributed by atoms with Crippen molar-refractivity contribution in [3.63, 3.8) is 0 Å². The minimum Gasteiger partial charge on any atom is -0.452 e. The van der Waals surface area contributed by atoms with Crippen molar-refractivity contribution in [2.75, 3.05) is 0 Å². The fourth-order valence-electron chi connectivity index (χ4n) is 2.15. The zero-order valence-electron chi connectivity index (χ0n) is 12.3. The highest BCUT2D eigenvalue weighted by molar-refractivity contribution is 6.35. The van der Waals surface area contributed by atoms with Gasteiger partial charge in [-0.2, -0.15) is 0 Å². The molecule has 0 bridgehead atoms. The molecule has 24 heavy (non-hydrogen) atoms. The number of imidazole rings is 1. The first-order valence-corrected chi connectivity index (χ1v) is 7.76. The van der Waals surface area contributed by atoms with E-state index in [4.69, 9.17) is 27.9 Å². The van der Waals surface area contributed by atoms with Crippen molar-refractivity contribution in [1.29, 1.82) is 0 Å². The third kappa shape index (κ3) is 3.90. The van der Waals surface area contributed by atoms with Gasteiger partial charge in [-0.15, -0.1) is 0 Å². The van der Waals surface area contributed by atoms with E-state index < -0.39 is 12.1 Å². The van der Waals surface area contributed by atoms with Gasteiger partial charge in [0.05, 0.1) is 18.4 Å². The molecule has 0 saturated carbocycles. The van der Waals surface area contributed by atoms with Crippen molar-refractivity contribution in [1.82, 2.24) is 19.5 Å². The summed E-state index contributed by atoms with van der Waals surface area (Å²) >= 11 is 12.2. The zero-order chi connectivity index (χ0) is 16.9. The Labute approximate surface area is 148 Å². The molecule has 6 nitrogen and oxygen atoms in total. The summed E-state index contributed by atoms with van der Waals surface area (Å²) in [5.74, 6) is -0.535. The summed E-state index contributed by atoms with van der Waals surface area (Å²) in [4.78, 5) is 24.0. The highest BCUT2D eigenvalue weighted by Gasteiger charge is 2.21. The number of hydrogen-bond donors (Lipinski definition) is 0. The molecule has 2 heterocycles. The van der Waals surface area contributed by atoms with Crippen LogP contribution < -0.4 is 0 Å². The van der Waals surface area contributed by atoms with Crippen LogP contribution in [0.15, 0.2) is 55.6 Å². The van der Waals surface area contributed by atoms with Crippen molar-refractivity contribution in [3.8, 4) is 0 Å². The van der Waals surface area contributed by atoms with Crippen LogP contribution in [0.3, 0.4) is 0 Å². The number of nitrogens with zero attached hydrogens (tertiary/aromatic N) is 4. The molecular formula is C16H12Cl2N4O2. The van der Waals surface area contributed by atoms with Crippen LogP contribution in [0.2, 0.25) is 10.0 Å². The van der Waals surface area contributed by atoms with Crippen molar-refractivity contribution in [2.24, 2.45) is 0 Å². The predicted molar refractivity (Wildman–Crippen MR) is 88.9 cm³/mol. The average Bonchev–Trinajstić information content (AvgIpc) is 3.08. The van der Waals surface area contributed by atoms with E-state index >= 15 is 0 Å². The van der Waals surface area contributed by atoms with Crippen molar-refractivity contribution < 1.29 is 9.53 Å².